The van der Waals surface area contributed by atoms with Crippen LogP contribution in [-0.2, 0) is 0 Å². The number of aromatic nitrogens is 1. The summed E-state index contributed by atoms with van der Waals surface area (Å²) in [5.41, 5.74) is 5.65. The summed E-state index contributed by atoms with van der Waals surface area (Å²) >= 11 is 1.28. The van der Waals surface area contributed by atoms with Gasteiger partial charge in [-0.3, -0.25) is 4.79 Å². The van der Waals surface area contributed by atoms with E-state index >= 15 is 0 Å². The molecule has 2 rings (SSSR count). The van der Waals surface area contributed by atoms with Crippen molar-refractivity contribution >= 4 is 28.2 Å². The summed E-state index contributed by atoms with van der Waals surface area (Å²) in [6.07, 6.45) is 1.06. The third-order valence-corrected chi connectivity index (χ3v) is 3.59. The normalized spacial score (nSPS) is 23.6. The number of nitrogen functional groups attached to an aromatic ring is 1. The Balaban J connectivity index is 2.07. The first-order valence-electron chi connectivity index (χ1n) is 4.86. The number of nitrogens with two attached hydrogens (primary N) is 1. The number of hydrogen-bond acceptors (Lipinski definition) is 5. The number of thiazole rings is 1. The van der Waals surface area contributed by atoms with Crippen LogP contribution in [0.25, 0.3) is 0 Å². The summed E-state index contributed by atoms with van der Waals surface area (Å²) in [6.45, 7) is 2.11. The van der Waals surface area contributed by atoms with Crippen molar-refractivity contribution in [2.75, 3.05) is 18.1 Å². The van der Waals surface area contributed by atoms with Crippen molar-refractivity contribution in [2.24, 2.45) is 5.92 Å². The Morgan fingerprint density at radius 2 is 2.33 bits per heavy atom. The summed E-state index contributed by atoms with van der Waals surface area (Å²) in [6, 6.07) is 0.317. The topological polar surface area (TPSA) is 80.0 Å². The molecule has 0 saturated heterocycles. The van der Waals surface area contributed by atoms with Crippen molar-refractivity contribution < 1.29 is 4.79 Å². The minimum atomic E-state index is -0.110. The molecule has 1 aromatic heterocycles. The second-order valence-electron chi connectivity index (χ2n) is 3.78. The molecule has 1 heterocycles. The van der Waals surface area contributed by atoms with Gasteiger partial charge >= 0.3 is 0 Å². The van der Waals surface area contributed by atoms with Gasteiger partial charge in [-0.2, -0.15) is 0 Å². The van der Waals surface area contributed by atoms with Gasteiger partial charge < -0.3 is 16.4 Å². The Morgan fingerprint density at radius 3 is 2.80 bits per heavy atom. The maximum absolute atomic E-state index is 11.7. The SMILES string of the molecule is CNc1nc(N)c(C(=O)NC2CC2C)s1. The Kier molecular flexibility index (Phi) is 2.52. The first-order valence-corrected chi connectivity index (χ1v) is 5.68. The molecule has 5 nitrogen and oxygen atoms in total. The average molecular weight is 226 g/mol. The number of amides is 1. The van der Waals surface area contributed by atoms with E-state index in [1.165, 1.54) is 11.3 Å². The van der Waals surface area contributed by atoms with Gasteiger partial charge in [-0.05, 0) is 12.3 Å². The molecule has 1 aromatic rings. The van der Waals surface area contributed by atoms with Gasteiger partial charge in [-0.15, -0.1) is 0 Å². The summed E-state index contributed by atoms with van der Waals surface area (Å²) in [5.74, 6) is 0.780. The molecule has 82 valence electrons. The lowest BCUT2D eigenvalue weighted by Crippen LogP contribution is -2.26. The zero-order chi connectivity index (χ0) is 11.0. The first kappa shape index (κ1) is 10.2. The van der Waals surface area contributed by atoms with Crippen LogP contribution in [0.2, 0.25) is 0 Å². The first-order chi connectivity index (χ1) is 7.11. The molecule has 1 aliphatic carbocycles. The Labute approximate surface area is 92.1 Å². The van der Waals surface area contributed by atoms with Crippen LogP contribution in [0.15, 0.2) is 0 Å². The molecule has 1 saturated carbocycles. The molecule has 2 unspecified atom stereocenters. The van der Waals surface area contributed by atoms with Gasteiger partial charge in [0.2, 0.25) is 0 Å². The smallest absolute Gasteiger partial charge is 0.265 e. The van der Waals surface area contributed by atoms with Crippen LogP contribution in [0.4, 0.5) is 10.9 Å². The van der Waals surface area contributed by atoms with Gasteiger partial charge in [-0.25, -0.2) is 4.98 Å². The van der Waals surface area contributed by atoms with Crippen LogP contribution < -0.4 is 16.4 Å². The molecule has 15 heavy (non-hydrogen) atoms. The van der Waals surface area contributed by atoms with E-state index in [1.54, 1.807) is 7.05 Å². The molecule has 1 aliphatic rings. The van der Waals surface area contributed by atoms with E-state index < -0.39 is 0 Å². The van der Waals surface area contributed by atoms with Gasteiger partial charge in [0.05, 0.1) is 0 Å². The molecule has 1 fully saturated rings. The molecule has 0 aromatic carbocycles. The van der Waals surface area contributed by atoms with Gasteiger partial charge in [0, 0.05) is 13.1 Å². The number of nitrogens with zero attached hydrogens (tertiary/aromatic N) is 1. The summed E-state index contributed by atoms with van der Waals surface area (Å²) in [5, 5.41) is 6.46. The molecule has 1 amide bonds. The Hall–Kier alpha value is -1.30. The fourth-order valence-electron chi connectivity index (χ4n) is 1.36. The fourth-order valence-corrected chi connectivity index (χ4v) is 2.10. The summed E-state index contributed by atoms with van der Waals surface area (Å²) in [7, 11) is 1.75. The second-order valence-corrected chi connectivity index (χ2v) is 4.78. The highest BCUT2D eigenvalue weighted by molar-refractivity contribution is 7.18. The number of carbonyl (C=O) groups excluding carboxylic acids is 1. The predicted molar refractivity (Wildman–Crippen MR) is 61.1 cm³/mol. The van der Waals surface area contributed by atoms with E-state index in [1.807, 2.05) is 0 Å². The van der Waals surface area contributed by atoms with Gasteiger partial charge in [0.15, 0.2) is 5.13 Å². The molecule has 0 bridgehead atoms. The fraction of sp³-hybridized carbons (Fsp3) is 0.556. The number of carbonyl (C=O) groups is 1. The minimum absolute atomic E-state index is 0.110. The minimum Gasteiger partial charge on any atom is -0.382 e. The zero-order valence-corrected chi connectivity index (χ0v) is 9.52. The van der Waals surface area contributed by atoms with Crippen molar-refractivity contribution in [3.05, 3.63) is 4.88 Å². The van der Waals surface area contributed by atoms with E-state index in [0.29, 0.717) is 27.8 Å². The Morgan fingerprint density at radius 1 is 1.67 bits per heavy atom. The van der Waals surface area contributed by atoms with Crippen LogP contribution >= 0.6 is 11.3 Å². The van der Waals surface area contributed by atoms with Crippen molar-refractivity contribution in [2.45, 2.75) is 19.4 Å². The van der Waals surface area contributed by atoms with Crippen LogP contribution in [0.1, 0.15) is 23.0 Å². The lowest BCUT2D eigenvalue weighted by Gasteiger charge is -2.00. The standard InChI is InChI=1S/C9H14N4OS/c1-4-3-5(4)12-8(14)6-7(10)13-9(11-2)15-6/h4-5H,3,10H2,1-2H3,(H,11,13)(H,12,14). The highest BCUT2D eigenvalue weighted by atomic mass is 32.1. The van der Waals surface area contributed by atoms with Crippen molar-refractivity contribution in [1.82, 2.24) is 10.3 Å². The second kappa shape index (κ2) is 3.69. The average Bonchev–Trinajstić information content (AvgIpc) is 2.75. The van der Waals surface area contributed by atoms with Crippen molar-refractivity contribution in [3.8, 4) is 0 Å². The lowest BCUT2D eigenvalue weighted by atomic mass is 10.4. The number of nitrogens with one attached hydrogen (secondary N) is 2. The maximum Gasteiger partial charge on any atom is 0.265 e. The zero-order valence-electron chi connectivity index (χ0n) is 8.70. The van der Waals surface area contributed by atoms with Gasteiger partial charge in [-0.1, -0.05) is 18.3 Å². The lowest BCUT2D eigenvalue weighted by molar-refractivity contribution is 0.0954. The number of rotatable bonds is 3. The van der Waals surface area contributed by atoms with E-state index in [9.17, 15) is 4.79 Å². The highest BCUT2D eigenvalue weighted by Crippen LogP contribution is 2.31. The molecule has 0 radical (unpaired) electrons. The number of anilines is 2. The third-order valence-electron chi connectivity index (χ3n) is 2.50. The van der Waals surface area contributed by atoms with E-state index in [2.05, 4.69) is 22.5 Å². The Bertz CT molecular complexity index is 389. The largest absolute Gasteiger partial charge is 0.382 e. The molecule has 4 N–H and O–H groups in total. The molecular weight excluding hydrogens is 212 g/mol. The van der Waals surface area contributed by atoms with E-state index in [4.69, 9.17) is 5.73 Å². The highest BCUT2D eigenvalue weighted by Gasteiger charge is 2.34. The summed E-state index contributed by atoms with van der Waals surface area (Å²) in [4.78, 5) is 16.3. The van der Waals surface area contributed by atoms with E-state index in [0.717, 1.165) is 6.42 Å². The van der Waals surface area contributed by atoms with Crippen LogP contribution in [-0.4, -0.2) is 24.0 Å². The van der Waals surface area contributed by atoms with Crippen LogP contribution in [0, 0.1) is 5.92 Å². The molecule has 2 atom stereocenters. The quantitative estimate of drug-likeness (QED) is 0.715. The van der Waals surface area contributed by atoms with Gasteiger partial charge in [0.25, 0.3) is 5.91 Å². The molecular formula is C9H14N4OS. The molecule has 0 aliphatic heterocycles. The van der Waals surface area contributed by atoms with Crippen LogP contribution in [0.5, 0.6) is 0 Å². The number of hydrogen-bond donors (Lipinski definition) is 3. The monoisotopic (exact) mass is 226 g/mol. The van der Waals surface area contributed by atoms with Crippen molar-refractivity contribution in [1.29, 1.82) is 0 Å². The van der Waals surface area contributed by atoms with Crippen molar-refractivity contribution in [3.63, 3.8) is 0 Å². The van der Waals surface area contributed by atoms with E-state index in [-0.39, 0.29) is 5.91 Å². The summed E-state index contributed by atoms with van der Waals surface area (Å²) < 4.78 is 0. The maximum atomic E-state index is 11.7. The van der Waals surface area contributed by atoms with Crippen LogP contribution in [0.3, 0.4) is 0 Å². The predicted octanol–water partition coefficient (Wildman–Crippen LogP) is 0.905. The third kappa shape index (κ3) is 2.04. The van der Waals surface area contributed by atoms with Gasteiger partial charge in [0.1, 0.15) is 10.7 Å². The molecule has 0 spiro atoms. The molecule has 6 heteroatoms.